The Bertz CT molecular complexity index is 560. The fraction of sp³-hybridized carbons (Fsp3) is 0.400. The molecule has 1 N–H and O–H groups in total. The summed E-state index contributed by atoms with van der Waals surface area (Å²) in [6.45, 7) is 6.31. The van der Waals surface area contributed by atoms with Crippen LogP contribution >= 0.6 is 11.3 Å². The molecule has 0 aliphatic rings. The topological polar surface area (TPSA) is 28.2 Å². The van der Waals surface area contributed by atoms with Crippen LogP contribution in [0.5, 0.6) is 0 Å². The van der Waals surface area contributed by atoms with E-state index < -0.39 is 0 Å². The molecule has 1 aromatic heterocycles. The summed E-state index contributed by atoms with van der Waals surface area (Å²) in [6.07, 6.45) is 0. The van der Waals surface area contributed by atoms with E-state index in [0.717, 1.165) is 16.4 Å². The second-order valence-corrected chi connectivity index (χ2v) is 6.12. The third-order valence-corrected chi connectivity index (χ3v) is 3.95. The van der Waals surface area contributed by atoms with E-state index in [1.54, 1.807) is 11.3 Å². The molecule has 0 aliphatic carbocycles. The van der Waals surface area contributed by atoms with Gasteiger partial charge in [0.1, 0.15) is 0 Å². The zero-order valence-electron chi connectivity index (χ0n) is 12.2. The van der Waals surface area contributed by atoms with Crippen molar-refractivity contribution in [2.75, 3.05) is 24.3 Å². The zero-order chi connectivity index (χ0) is 14.0. The van der Waals surface area contributed by atoms with E-state index in [9.17, 15) is 0 Å². The van der Waals surface area contributed by atoms with Crippen molar-refractivity contribution in [2.45, 2.75) is 26.8 Å². The van der Waals surface area contributed by atoms with Crippen LogP contribution in [-0.4, -0.2) is 19.1 Å². The molecule has 1 unspecified atom stereocenters. The van der Waals surface area contributed by atoms with E-state index in [0.29, 0.717) is 0 Å². The SMILES string of the molecule is Cc1nc(C(C)Nc2ccc(C)c(N(C)C)c2)cs1. The highest BCUT2D eigenvalue weighted by atomic mass is 32.1. The average Bonchev–Trinajstić information content (AvgIpc) is 2.78. The monoisotopic (exact) mass is 275 g/mol. The van der Waals surface area contributed by atoms with Gasteiger partial charge in [0.2, 0.25) is 0 Å². The third-order valence-electron chi connectivity index (χ3n) is 3.15. The minimum absolute atomic E-state index is 0.225. The molecule has 1 heterocycles. The first-order valence-corrected chi connectivity index (χ1v) is 7.32. The summed E-state index contributed by atoms with van der Waals surface area (Å²) in [7, 11) is 4.14. The summed E-state index contributed by atoms with van der Waals surface area (Å²) in [5, 5.41) is 6.74. The predicted octanol–water partition coefficient (Wildman–Crippen LogP) is 4.00. The van der Waals surface area contributed by atoms with Gasteiger partial charge in [0.25, 0.3) is 0 Å². The van der Waals surface area contributed by atoms with Crippen LogP contribution in [0, 0.1) is 13.8 Å². The summed E-state index contributed by atoms with van der Waals surface area (Å²) in [6, 6.07) is 6.68. The van der Waals surface area contributed by atoms with Crippen LogP contribution in [0.25, 0.3) is 0 Å². The van der Waals surface area contributed by atoms with E-state index in [1.807, 2.05) is 6.92 Å². The minimum Gasteiger partial charge on any atom is -0.377 e. The molecule has 0 amide bonds. The average molecular weight is 275 g/mol. The molecule has 0 fully saturated rings. The van der Waals surface area contributed by atoms with Crippen LogP contribution < -0.4 is 10.2 Å². The number of aryl methyl sites for hydroxylation is 2. The molecule has 0 aliphatic heterocycles. The van der Waals surface area contributed by atoms with Crippen LogP contribution in [0.4, 0.5) is 11.4 Å². The van der Waals surface area contributed by atoms with Crippen molar-refractivity contribution < 1.29 is 0 Å². The van der Waals surface area contributed by atoms with E-state index >= 15 is 0 Å². The fourth-order valence-electron chi connectivity index (χ4n) is 2.08. The molecule has 2 aromatic rings. The molecule has 3 nitrogen and oxygen atoms in total. The molecular formula is C15H21N3S. The van der Waals surface area contributed by atoms with Crippen molar-refractivity contribution in [3.8, 4) is 0 Å². The number of nitrogens with zero attached hydrogens (tertiary/aromatic N) is 2. The number of benzene rings is 1. The van der Waals surface area contributed by atoms with Gasteiger partial charge in [-0.2, -0.15) is 0 Å². The Hall–Kier alpha value is -1.55. The number of nitrogens with one attached hydrogen (secondary N) is 1. The van der Waals surface area contributed by atoms with Gasteiger partial charge >= 0.3 is 0 Å². The van der Waals surface area contributed by atoms with E-state index in [4.69, 9.17) is 0 Å². The Balaban J connectivity index is 2.17. The van der Waals surface area contributed by atoms with Gasteiger partial charge in [-0.05, 0) is 38.5 Å². The summed E-state index contributed by atoms with van der Waals surface area (Å²) < 4.78 is 0. The number of hydrogen-bond donors (Lipinski definition) is 1. The Morgan fingerprint density at radius 2 is 2.00 bits per heavy atom. The smallest absolute Gasteiger partial charge is 0.0898 e. The third kappa shape index (κ3) is 3.26. The largest absolute Gasteiger partial charge is 0.377 e. The number of rotatable bonds is 4. The maximum atomic E-state index is 4.53. The maximum Gasteiger partial charge on any atom is 0.0898 e. The van der Waals surface area contributed by atoms with Crippen LogP contribution in [0.1, 0.15) is 29.2 Å². The number of thiazole rings is 1. The van der Waals surface area contributed by atoms with E-state index in [-0.39, 0.29) is 6.04 Å². The Labute approximate surface area is 119 Å². The van der Waals surface area contributed by atoms with Crippen molar-refractivity contribution in [3.63, 3.8) is 0 Å². The molecule has 102 valence electrons. The normalized spacial score (nSPS) is 12.3. The van der Waals surface area contributed by atoms with Crippen molar-refractivity contribution in [1.82, 2.24) is 4.98 Å². The van der Waals surface area contributed by atoms with Crippen molar-refractivity contribution in [1.29, 1.82) is 0 Å². The maximum absolute atomic E-state index is 4.53. The minimum atomic E-state index is 0.225. The molecule has 1 atom stereocenters. The first-order chi connectivity index (χ1) is 8.97. The summed E-state index contributed by atoms with van der Waals surface area (Å²) in [5.74, 6) is 0. The Morgan fingerprint density at radius 1 is 1.26 bits per heavy atom. The van der Waals surface area contributed by atoms with Gasteiger partial charge in [-0.25, -0.2) is 4.98 Å². The highest BCUT2D eigenvalue weighted by Crippen LogP contribution is 2.26. The van der Waals surface area contributed by atoms with Gasteiger partial charge in [-0.15, -0.1) is 11.3 Å². The molecule has 0 radical (unpaired) electrons. The molecule has 19 heavy (non-hydrogen) atoms. The lowest BCUT2D eigenvalue weighted by Crippen LogP contribution is -2.12. The fourth-order valence-corrected chi connectivity index (χ4v) is 2.79. The summed E-state index contributed by atoms with van der Waals surface area (Å²) in [4.78, 5) is 6.66. The first-order valence-electron chi connectivity index (χ1n) is 6.44. The molecule has 1 aromatic carbocycles. The van der Waals surface area contributed by atoms with E-state index in [2.05, 4.69) is 66.7 Å². The first kappa shape index (κ1) is 13.9. The lowest BCUT2D eigenvalue weighted by atomic mass is 10.1. The second kappa shape index (κ2) is 5.61. The van der Waals surface area contributed by atoms with Gasteiger partial charge in [0.15, 0.2) is 0 Å². The molecule has 0 saturated carbocycles. The van der Waals surface area contributed by atoms with Gasteiger partial charge in [-0.1, -0.05) is 6.07 Å². The van der Waals surface area contributed by atoms with E-state index in [1.165, 1.54) is 11.3 Å². The second-order valence-electron chi connectivity index (χ2n) is 5.05. The Kier molecular flexibility index (Phi) is 4.10. The van der Waals surface area contributed by atoms with Gasteiger partial charge in [0.05, 0.1) is 16.7 Å². The highest BCUT2D eigenvalue weighted by molar-refractivity contribution is 7.09. The molecular weight excluding hydrogens is 254 g/mol. The molecule has 0 saturated heterocycles. The van der Waals surface area contributed by atoms with Crippen LogP contribution in [0.15, 0.2) is 23.6 Å². The van der Waals surface area contributed by atoms with Crippen molar-refractivity contribution in [3.05, 3.63) is 39.8 Å². The zero-order valence-corrected chi connectivity index (χ0v) is 13.0. The summed E-state index contributed by atoms with van der Waals surface area (Å²) >= 11 is 1.69. The van der Waals surface area contributed by atoms with Crippen molar-refractivity contribution >= 4 is 22.7 Å². The quantitative estimate of drug-likeness (QED) is 0.914. The number of hydrogen-bond acceptors (Lipinski definition) is 4. The Morgan fingerprint density at radius 3 is 2.58 bits per heavy atom. The van der Waals surface area contributed by atoms with Crippen molar-refractivity contribution in [2.24, 2.45) is 0 Å². The lowest BCUT2D eigenvalue weighted by Gasteiger charge is -2.19. The molecule has 2 rings (SSSR count). The van der Waals surface area contributed by atoms with Gasteiger partial charge < -0.3 is 10.2 Å². The standard InChI is InChI=1S/C15H21N3S/c1-10-6-7-13(8-15(10)18(4)5)16-11(2)14-9-19-12(3)17-14/h6-9,11,16H,1-5H3. The highest BCUT2D eigenvalue weighted by Gasteiger charge is 2.10. The van der Waals surface area contributed by atoms with Gasteiger partial charge in [0, 0.05) is 30.9 Å². The van der Waals surface area contributed by atoms with Crippen LogP contribution in [-0.2, 0) is 0 Å². The summed E-state index contributed by atoms with van der Waals surface area (Å²) in [5.41, 5.74) is 4.77. The predicted molar refractivity (Wildman–Crippen MR) is 84.4 cm³/mol. The van der Waals surface area contributed by atoms with Crippen LogP contribution in [0.2, 0.25) is 0 Å². The lowest BCUT2D eigenvalue weighted by molar-refractivity contribution is 0.845. The number of aromatic nitrogens is 1. The molecule has 0 bridgehead atoms. The number of anilines is 2. The van der Waals surface area contributed by atoms with Gasteiger partial charge in [-0.3, -0.25) is 0 Å². The van der Waals surface area contributed by atoms with Crippen LogP contribution in [0.3, 0.4) is 0 Å². The molecule has 4 heteroatoms. The molecule has 0 spiro atoms.